The minimum Gasteiger partial charge on any atom is -0.330 e. The molecule has 0 aliphatic carbocycles. The molecule has 2 aromatic heterocycles. The Morgan fingerprint density at radius 2 is 2.26 bits per heavy atom. The summed E-state index contributed by atoms with van der Waals surface area (Å²) in [5, 5.41) is 15.5. The minimum atomic E-state index is -0.395. The summed E-state index contributed by atoms with van der Waals surface area (Å²) >= 11 is 0. The Balaban J connectivity index is 2.64. The summed E-state index contributed by atoms with van der Waals surface area (Å²) in [4.78, 5) is 15.1. The number of nitro groups is 1. The van der Waals surface area contributed by atoms with Gasteiger partial charge in [-0.3, -0.25) is 14.7 Å². The third-order valence-electron chi connectivity index (χ3n) is 2.89. The van der Waals surface area contributed by atoms with Crippen molar-refractivity contribution in [1.29, 1.82) is 0 Å². The molecule has 0 unspecified atom stereocenters. The van der Waals surface area contributed by atoms with Gasteiger partial charge >= 0.3 is 5.69 Å². The lowest BCUT2D eigenvalue weighted by molar-refractivity contribution is -0.385. The van der Waals surface area contributed by atoms with Gasteiger partial charge in [-0.05, 0) is 13.0 Å². The van der Waals surface area contributed by atoms with Gasteiger partial charge in [0.2, 0.25) is 5.82 Å². The third kappa shape index (κ3) is 2.22. The first kappa shape index (κ1) is 13.2. The average molecular weight is 264 g/mol. The lowest BCUT2D eigenvalue weighted by Gasteiger charge is -2.06. The summed E-state index contributed by atoms with van der Waals surface area (Å²) in [6.45, 7) is 2.27. The van der Waals surface area contributed by atoms with Crippen LogP contribution in [0, 0.1) is 10.1 Å². The highest BCUT2D eigenvalue weighted by Crippen LogP contribution is 2.27. The van der Waals surface area contributed by atoms with Crippen molar-refractivity contribution < 1.29 is 4.92 Å². The van der Waals surface area contributed by atoms with Crippen molar-refractivity contribution >= 4 is 5.69 Å². The van der Waals surface area contributed by atoms with Crippen molar-refractivity contribution in [3.63, 3.8) is 0 Å². The second-order valence-corrected chi connectivity index (χ2v) is 4.11. The monoisotopic (exact) mass is 264 g/mol. The van der Waals surface area contributed by atoms with Gasteiger partial charge in [0.05, 0.1) is 4.92 Å². The Labute approximate surface area is 110 Å². The van der Waals surface area contributed by atoms with Gasteiger partial charge in [-0.25, -0.2) is 9.67 Å². The van der Waals surface area contributed by atoms with E-state index in [1.807, 2.05) is 6.92 Å². The molecule has 0 amide bonds. The molecule has 0 aliphatic heterocycles. The Hall–Kier alpha value is -2.22. The molecule has 0 fully saturated rings. The van der Waals surface area contributed by atoms with Crippen molar-refractivity contribution in [3.05, 3.63) is 34.0 Å². The normalized spacial score (nSPS) is 10.9. The van der Waals surface area contributed by atoms with Crippen molar-refractivity contribution in [2.45, 2.75) is 19.8 Å². The number of nitrogens with two attached hydrogens (primary N) is 1. The maximum atomic E-state index is 11.3. The third-order valence-corrected chi connectivity index (χ3v) is 2.89. The van der Waals surface area contributed by atoms with Crippen LogP contribution in [0.3, 0.4) is 0 Å². The highest BCUT2D eigenvalue weighted by atomic mass is 16.6. The largest absolute Gasteiger partial charge is 0.334 e. The number of hydrogen-bond acceptors (Lipinski definition) is 5. The number of aryl methyl sites for hydroxylation is 2. The molecule has 0 bridgehead atoms. The summed E-state index contributed by atoms with van der Waals surface area (Å²) in [5.41, 5.74) is 6.02. The van der Waals surface area contributed by atoms with Crippen LogP contribution in [0.25, 0.3) is 5.82 Å². The van der Waals surface area contributed by atoms with E-state index in [0.29, 0.717) is 36.7 Å². The summed E-state index contributed by atoms with van der Waals surface area (Å²) in [5.74, 6) is 1.11. The van der Waals surface area contributed by atoms with Gasteiger partial charge in [-0.2, -0.15) is 5.10 Å². The highest BCUT2D eigenvalue weighted by Gasteiger charge is 2.27. The molecule has 102 valence electrons. The lowest BCUT2D eigenvalue weighted by Crippen LogP contribution is -2.12. The summed E-state index contributed by atoms with van der Waals surface area (Å²) in [7, 11) is 1.69. The molecule has 2 rings (SSSR count). The molecular weight excluding hydrogens is 248 g/mol. The fraction of sp³-hybridized carbons (Fsp3) is 0.455. The maximum Gasteiger partial charge on any atom is 0.334 e. The van der Waals surface area contributed by atoms with Gasteiger partial charge in [-0.1, -0.05) is 6.92 Å². The molecule has 0 aromatic carbocycles. The smallest absolute Gasteiger partial charge is 0.330 e. The molecule has 0 aliphatic rings. The average Bonchev–Trinajstić information content (AvgIpc) is 2.93. The zero-order chi connectivity index (χ0) is 14.0. The van der Waals surface area contributed by atoms with E-state index in [4.69, 9.17) is 5.73 Å². The zero-order valence-electron chi connectivity index (χ0n) is 10.9. The van der Waals surface area contributed by atoms with Gasteiger partial charge in [0.1, 0.15) is 11.5 Å². The number of rotatable bonds is 5. The van der Waals surface area contributed by atoms with E-state index >= 15 is 0 Å². The van der Waals surface area contributed by atoms with Crippen LogP contribution in [0.1, 0.15) is 18.4 Å². The molecule has 0 atom stereocenters. The molecule has 2 N–H and O–H groups in total. The van der Waals surface area contributed by atoms with Crippen LogP contribution in [0.15, 0.2) is 12.4 Å². The van der Waals surface area contributed by atoms with E-state index in [1.54, 1.807) is 24.0 Å². The van der Waals surface area contributed by atoms with Crippen molar-refractivity contribution in [2.24, 2.45) is 12.8 Å². The molecule has 8 nitrogen and oxygen atoms in total. The van der Waals surface area contributed by atoms with E-state index < -0.39 is 4.92 Å². The summed E-state index contributed by atoms with van der Waals surface area (Å²) in [6, 6.07) is 0. The van der Waals surface area contributed by atoms with Crippen LogP contribution in [0.4, 0.5) is 5.69 Å². The van der Waals surface area contributed by atoms with E-state index in [9.17, 15) is 10.1 Å². The molecular formula is C11H16N6O2. The van der Waals surface area contributed by atoms with Gasteiger partial charge in [-0.15, -0.1) is 0 Å². The highest BCUT2D eigenvalue weighted by molar-refractivity contribution is 5.52. The van der Waals surface area contributed by atoms with Crippen molar-refractivity contribution in [1.82, 2.24) is 19.3 Å². The molecule has 0 saturated heterocycles. The van der Waals surface area contributed by atoms with Crippen LogP contribution in [-0.4, -0.2) is 30.8 Å². The first-order valence-electron chi connectivity index (χ1n) is 6.03. The topological polar surface area (TPSA) is 105 Å². The first-order valence-corrected chi connectivity index (χ1v) is 6.03. The van der Waals surface area contributed by atoms with E-state index in [-0.39, 0.29) is 5.69 Å². The Morgan fingerprint density at radius 1 is 1.53 bits per heavy atom. The second kappa shape index (κ2) is 5.19. The minimum absolute atomic E-state index is 0.0290. The van der Waals surface area contributed by atoms with Crippen molar-refractivity contribution in [3.8, 4) is 5.82 Å². The number of imidazole rings is 1. The van der Waals surface area contributed by atoms with Crippen LogP contribution >= 0.6 is 0 Å². The first-order chi connectivity index (χ1) is 9.10. The lowest BCUT2D eigenvalue weighted by atomic mass is 10.3. The predicted octanol–water partition coefficient (Wildman–Crippen LogP) is 0.578. The summed E-state index contributed by atoms with van der Waals surface area (Å²) in [6.07, 6.45) is 4.35. The van der Waals surface area contributed by atoms with E-state index in [1.165, 1.54) is 4.68 Å². The molecule has 8 heteroatoms. The Bertz CT molecular complexity index is 600. The van der Waals surface area contributed by atoms with Gasteiger partial charge in [0, 0.05) is 25.9 Å². The van der Waals surface area contributed by atoms with Crippen LogP contribution in [0.5, 0.6) is 0 Å². The fourth-order valence-electron chi connectivity index (χ4n) is 2.09. The zero-order valence-corrected chi connectivity index (χ0v) is 10.9. The fourth-order valence-corrected chi connectivity index (χ4v) is 2.09. The van der Waals surface area contributed by atoms with Gasteiger partial charge in [0.15, 0.2) is 0 Å². The maximum absolute atomic E-state index is 11.3. The quantitative estimate of drug-likeness (QED) is 0.628. The molecule has 2 heterocycles. The van der Waals surface area contributed by atoms with Crippen LogP contribution in [-0.2, 0) is 19.9 Å². The van der Waals surface area contributed by atoms with Crippen LogP contribution < -0.4 is 5.73 Å². The summed E-state index contributed by atoms with van der Waals surface area (Å²) < 4.78 is 3.19. The number of nitrogens with zero attached hydrogens (tertiary/aromatic N) is 5. The SMILES string of the molecule is CCc1nn(C)c(-n2ccnc2CCN)c1[N+](=O)[O-]. The molecule has 0 spiro atoms. The Kier molecular flexibility index (Phi) is 3.61. The second-order valence-electron chi connectivity index (χ2n) is 4.11. The van der Waals surface area contributed by atoms with E-state index in [0.717, 1.165) is 0 Å². The predicted molar refractivity (Wildman–Crippen MR) is 69.1 cm³/mol. The Morgan fingerprint density at radius 3 is 2.84 bits per heavy atom. The molecule has 0 radical (unpaired) electrons. The standard InChI is InChI=1S/C11H16N6O2/c1-3-8-10(17(18)19)11(15(2)14-8)16-7-6-13-9(16)4-5-12/h6-7H,3-5,12H2,1-2H3. The van der Waals surface area contributed by atoms with Crippen molar-refractivity contribution in [2.75, 3.05) is 6.54 Å². The van der Waals surface area contributed by atoms with Gasteiger partial charge < -0.3 is 5.73 Å². The van der Waals surface area contributed by atoms with Crippen LogP contribution in [0.2, 0.25) is 0 Å². The van der Waals surface area contributed by atoms with Gasteiger partial charge in [0.25, 0.3) is 0 Å². The number of aromatic nitrogens is 4. The molecule has 19 heavy (non-hydrogen) atoms. The molecule has 0 saturated carbocycles. The molecule has 2 aromatic rings. The van der Waals surface area contributed by atoms with E-state index in [2.05, 4.69) is 10.1 Å². The number of hydrogen-bond donors (Lipinski definition) is 1.